The molecule has 1 aliphatic rings. The summed E-state index contributed by atoms with van der Waals surface area (Å²) in [5.74, 6) is 0.786. The van der Waals surface area contributed by atoms with E-state index in [2.05, 4.69) is 0 Å². The monoisotopic (exact) mass is 289 g/mol. The summed E-state index contributed by atoms with van der Waals surface area (Å²) in [5, 5.41) is 0. The molecule has 0 N–H and O–H groups in total. The molecule has 0 fully saturated rings. The molecule has 110 valence electrons. The van der Waals surface area contributed by atoms with Crippen molar-refractivity contribution in [2.75, 3.05) is 26.9 Å². The molecule has 0 saturated carbocycles. The van der Waals surface area contributed by atoms with Crippen LogP contribution in [-0.2, 0) is 0 Å². The average Bonchev–Trinajstić information content (AvgIpc) is 2.82. The number of nitrogens with zero attached hydrogens (tertiary/aromatic N) is 1. The summed E-state index contributed by atoms with van der Waals surface area (Å²) in [6.07, 6.45) is -5.14. The first-order valence-electron chi connectivity index (χ1n) is 6.03. The van der Waals surface area contributed by atoms with Gasteiger partial charge in [0.2, 0.25) is 6.79 Å². The normalized spacial score (nSPS) is 13.8. The number of likely N-dealkylation sites (N-methyl/N-ethyl adjacent to an activating group) is 1. The third kappa shape index (κ3) is 3.86. The van der Waals surface area contributed by atoms with Crippen molar-refractivity contribution in [3.63, 3.8) is 0 Å². The summed E-state index contributed by atoms with van der Waals surface area (Å²) < 4.78 is 46.5. The van der Waals surface area contributed by atoms with E-state index in [0.717, 1.165) is 0 Å². The molecule has 0 saturated heterocycles. The van der Waals surface area contributed by atoms with Crippen LogP contribution in [0.3, 0.4) is 0 Å². The number of fused-ring (bicyclic) bond motifs is 1. The van der Waals surface area contributed by atoms with Crippen LogP contribution in [0.15, 0.2) is 18.2 Å². The molecular weight excluding hydrogens is 275 g/mol. The molecule has 0 unspecified atom stereocenters. The van der Waals surface area contributed by atoms with Crippen LogP contribution in [0.2, 0.25) is 0 Å². The zero-order chi connectivity index (χ0) is 14.8. The van der Waals surface area contributed by atoms with Gasteiger partial charge in [0.25, 0.3) is 0 Å². The Morgan fingerprint density at radius 2 is 2.00 bits per heavy atom. The number of ketones is 1. The van der Waals surface area contributed by atoms with E-state index in [9.17, 15) is 18.0 Å². The Balaban J connectivity index is 1.91. The Hall–Kier alpha value is -1.76. The van der Waals surface area contributed by atoms with Gasteiger partial charge in [-0.25, -0.2) is 0 Å². The number of carbonyl (C=O) groups excluding carboxylic acids is 1. The van der Waals surface area contributed by atoms with E-state index in [1.807, 2.05) is 0 Å². The van der Waals surface area contributed by atoms with Crippen LogP contribution < -0.4 is 9.47 Å². The number of hydrogen-bond donors (Lipinski definition) is 0. The molecule has 0 aliphatic carbocycles. The molecule has 0 bridgehead atoms. The van der Waals surface area contributed by atoms with Crippen LogP contribution >= 0.6 is 0 Å². The predicted octanol–water partition coefficient (Wildman–Crippen LogP) is 2.48. The van der Waals surface area contributed by atoms with Crippen LogP contribution in [0.1, 0.15) is 16.8 Å². The Kier molecular flexibility index (Phi) is 4.17. The van der Waals surface area contributed by atoms with Gasteiger partial charge in [0.05, 0.1) is 13.0 Å². The van der Waals surface area contributed by atoms with E-state index in [0.29, 0.717) is 17.1 Å². The third-order valence-corrected chi connectivity index (χ3v) is 2.89. The standard InChI is InChI=1S/C13H14F3NO3/c1-17(5-4-13(14,15)16)7-10(18)9-2-3-11-12(6-9)20-8-19-11/h2-3,6H,4-5,7-8H2,1H3. The van der Waals surface area contributed by atoms with Gasteiger partial charge in [-0.2, -0.15) is 13.2 Å². The van der Waals surface area contributed by atoms with Crippen molar-refractivity contribution in [3.05, 3.63) is 23.8 Å². The quantitative estimate of drug-likeness (QED) is 0.781. The minimum Gasteiger partial charge on any atom is -0.454 e. The number of hydrogen-bond acceptors (Lipinski definition) is 4. The number of rotatable bonds is 5. The molecule has 7 heteroatoms. The van der Waals surface area contributed by atoms with E-state index in [1.165, 1.54) is 11.9 Å². The maximum Gasteiger partial charge on any atom is 0.390 e. The highest BCUT2D eigenvalue weighted by Gasteiger charge is 2.27. The van der Waals surface area contributed by atoms with Gasteiger partial charge in [-0.1, -0.05) is 0 Å². The first-order chi connectivity index (χ1) is 9.35. The molecule has 0 spiro atoms. The van der Waals surface area contributed by atoms with Gasteiger partial charge < -0.3 is 9.47 Å². The minimum absolute atomic E-state index is 0.0737. The van der Waals surface area contributed by atoms with E-state index in [4.69, 9.17) is 9.47 Å². The summed E-state index contributed by atoms with van der Waals surface area (Å²) in [6.45, 7) is -0.173. The van der Waals surface area contributed by atoms with E-state index in [-0.39, 0.29) is 25.7 Å². The third-order valence-electron chi connectivity index (χ3n) is 2.89. The van der Waals surface area contributed by atoms with Crippen LogP contribution in [0.4, 0.5) is 13.2 Å². The first-order valence-corrected chi connectivity index (χ1v) is 6.03. The van der Waals surface area contributed by atoms with Crippen molar-refractivity contribution < 1.29 is 27.4 Å². The van der Waals surface area contributed by atoms with E-state index in [1.54, 1.807) is 18.2 Å². The molecule has 20 heavy (non-hydrogen) atoms. The Morgan fingerprint density at radius 1 is 1.30 bits per heavy atom. The molecule has 4 nitrogen and oxygen atoms in total. The molecule has 2 rings (SSSR count). The fourth-order valence-corrected chi connectivity index (χ4v) is 1.80. The number of halogens is 3. The van der Waals surface area contributed by atoms with Gasteiger partial charge in [0.15, 0.2) is 17.3 Å². The van der Waals surface area contributed by atoms with Crippen LogP contribution in [-0.4, -0.2) is 43.8 Å². The first kappa shape index (κ1) is 14.6. The lowest BCUT2D eigenvalue weighted by Crippen LogP contribution is -2.29. The number of benzene rings is 1. The topological polar surface area (TPSA) is 38.8 Å². The van der Waals surface area contributed by atoms with Crippen LogP contribution in [0, 0.1) is 0 Å². The van der Waals surface area contributed by atoms with Crippen LogP contribution in [0.25, 0.3) is 0 Å². The van der Waals surface area contributed by atoms with E-state index >= 15 is 0 Å². The van der Waals surface area contributed by atoms with Gasteiger partial charge >= 0.3 is 6.18 Å². The number of alkyl halides is 3. The predicted molar refractivity (Wildman–Crippen MR) is 65.1 cm³/mol. The molecule has 1 aromatic carbocycles. The van der Waals surface area contributed by atoms with Crippen molar-refractivity contribution in [1.82, 2.24) is 4.90 Å². The van der Waals surface area contributed by atoms with Gasteiger partial charge in [-0.15, -0.1) is 0 Å². The lowest BCUT2D eigenvalue weighted by Gasteiger charge is -2.16. The molecule has 1 aliphatic heterocycles. The molecule has 0 aromatic heterocycles. The van der Waals surface area contributed by atoms with Crippen molar-refractivity contribution in [2.45, 2.75) is 12.6 Å². The lowest BCUT2D eigenvalue weighted by molar-refractivity contribution is -0.137. The fourth-order valence-electron chi connectivity index (χ4n) is 1.80. The zero-order valence-electron chi connectivity index (χ0n) is 10.9. The Labute approximate surface area is 114 Å². The summed E-state index contributed by atoms with van der Waals surface area (Å²) in [5.41, 5.74) is 0.396. The molecule has 0 radical (unpaired) electrons. The van der Waals surface area contributed by atoms with Crippen molar-refractivity contribution >= 4 is 5.78 Å². The highest BCUT2D eigenvalue weighted by atomic mass is 19.4. The smallest absolute Gasteiger partial charge is 0.390 e. The Bertz CT molecular complexity index is 502. The lowest BCUT2D eigenvalue weighted by atomic mass is 10.1. The summed E-state index contributed by atoms with van der Waals surface area (Å²) in [4.78, 5) is 13.3. The zero-order valence-corrected chi connectivity index (χ0v) is 10.9. The average molecular weight is 289 g/mol. The second-order valence-electron chi connectivity index (χ2n) is 4.59. The van der Waals surface area contributed by atoms with Gasteiger partial charge in [-0.3, -0.25) is 9.69 Å². The van der Waals surface area contributed by atoms with Gasteiger partial charge in [0.1, 0.15) is 0 Å². The summed E-state index contributed by atoms with van der Waals surface area (Å²) in [7, 11) is 1.48. The maximum absolute atomic E-state index is 12.1. The summed E-state index contributed by atoms with van der Waals surface area (Å²) >= 11 is 0. The highest BCUT2D eigenvalue weighted by molar-refractivity contribution is 5.98. The summed E-state index contributed by atoms with van der Waals surface area (Å²) in [6, 6.07) is 4.74. The van der Waals surface area contributed by atoms with Crippen molar-refractivity contribution in [2.24, 2.45) is 0 Å². The largest absolute Gasteiger partial charge is 0.454 e. The number of Topliss-reactive ketones (excluding diaryl/α,β-unsaturated/α-hetero) is 1. The highest BCUT2D eigenvalue weighted by Crippen LogP contribution is 2.32. The fraction of sp³-hybridized carbons (Fsp3) is 0.462. The Morgan fingerprint density at radius 3 is 2.70 bits per heavy atom. The van der Waals surface area contributed by atoms with Gasteiger partial charge in [0, 0.05) is 12.1 Å². The molecule has 1 aromatic rings. The van der Waals surface area contributed by atoms with Crippen LogP contribution in [0.5, 0.6) is 11.5 Å². The van der Waals surface area contributed by atoms with Crippen molar-refractivity contribution in [3.8, 4) is 11.5 Å². The molecule has 0 amide bonds. The molecular formula is C13H14F3NO3. The molecule has 0 atom stereocenters. The SMILES string of the molecule is CN(CCC(F)(F)F)CC(=O)c1ccc2c(c1)OCO2. The maximum atomic E-state index is 12.1. The number of ether oxygens (including phenoxy) is 2. The second-order valence-corrected chi connectivity index (χ2v) is 4.59. The minimum atomic E-state index is -4.21. The van der Waals surface area contributed by atoms with Crippen molar-refractivity contribution in [1.29, 1.82) is 0 Å². The second kappa shape index (κ2) is 5.70. The van der Waals surface area contributed by atoms with E-state index < -0.39 is 12.6 Å². The number of carbonyl (C=O) groups is 1. The molecule has 1 heterocycles. The van der Waals surface area contributed by atoms with Gasteiger partial charge in [-0.05, 0) is 25.2 Å².